The van der Waals surface area contributed by atoms with Crippen LogP contribution in [0.15, 0.2) is 0 Å². The van der Waals surface area contributed by atoms with Crippen molar-refractivity contribution in [3.05, 3.63) is 0 Å². The van der Waals surface area contributed by atoms with E-state index in [9.17, 15) is 4.57 Å². The molecule has 0 bridgehead atoms. The van der Waals surface area contributed by atoms with Gasteiger partial charge in [-0.3, -0.25) is 13.6 Å². The van der Waals surface area contributed by atoms with Gasteiger partial charge in [0.1, 0.15) is 0 Å². The molecule has 0 unspecified atom stereocenters. The van der Waals surface area contributed by atoms with Crippen LogP contribution in [0.2, 0.25) is 0 Å². The van der Waals surface area contributed by atoms with E-state index in [4.69, 9.17) is 9.05 Å². The Labute approximate surface area is 60.1 Å². The molecule has 5 heteroatoms. The van der Waals surface area contributed by atoms with Gasteiger partial charge in [0.15, 0.2) is 0 Å². The van der Waals surface area contributed by atoms with Crippen molar-refractivity contribution < 1.29 is 18.1 Å². The van der Waals surface area contributed by atoms with Crippen molar-refractivity contribution in [2.24, 2.45) is 0 Å². The summed E-state index contributed by atoms with van der Waals surface area (Å²) in [6, 6.07) is 0. The third-order valence-electron chi connectivity index (χ3n) is 1.31. The molecule has 1 saturated heterocycles. The van der Waals surface area contributed by atoms with Crippen LogP contribution in [0, 0.1) is 0 Å². The first kappa shape index (κ1) is 8.21. The highest BCUT2D eigenvalue weighted by atomic mass is 31.2. The quantitative estimate of drug-likeness (QED) is 0.554. The summed E-state index contributed by atoms with van der Waals surface area (Å²) in [6.45, 7) is 2.29. The van der Waals surface area contributed by atoms with Gasteiger partial charge in [-0.25, -0.2) is 4.57 Å². The van der Waals surface area contributed by atoms with Gasteiger partial charge in [-0.1, -0.05) is 0 Å². The zero-order chi connectivity index (χ0) is 7.61. The molecule has 1 aliphatic rings. The lowest BCUT2D eigenvalue weighted by molar-refractivity contribution is 0.0466. The molecule has 0 aromatic carbocycles. The molecular weight excluding hydrogens is 155 g/mol. The minimum atomic E-state index is -3.15. The Hall–Kier alpha value is 0.110. The number of phosphoric acid groups is 1. The summed E-state index contributed by atoms with van der Waals surface area (Å²) in [6.07, 6.45) is 0.743. The lowest BCUT2D eigenvalue weighted by atomic mass is 10.3. The normalized spacial score (nSPS) is 41.6. The predicted octanol–water partition coefficient (Wildman–Crippen LogP) is 1.57. The van der Waals surface area contributed by atoms with Crippen LogP contribution in [0.25, 0.3) is 0 Å². The molecule has 0 radical (unpaired) electrons. The zero-order valence-corrected chi connectivity index (χ0v) is 6.97. The van der Waals surface area contributed by atoms with E-state index in [1.165, 1.54) is 7.11 Å². The molecule has 0 N–H and O–H groups in total. The number of hydrogen-bond acceptors (Lipinski definition) is 4. The molecule has 10 heavy (non-hydrogen) atoms. The molecule has 0 aromatic rings. The molecular formula is C5H11O4P. The fourth-order valence-corrected chi connectivity index (χ4v) is 1.86. The Morgan fingerprint density at radius 2 is 2.40 bits per heavy atom. The first-order valence-electron chi connectivity index (χ1n) is 3.15. The number of hydrogen-bond donors (Lipinski definition) is 0. The molecule has 0 amide bonds. The summed E-state index contributed by atoms with van der Waals surface area (Å²) in [5.74, 6) is 0. The Morgan fingerprint density at radius 1 is 1.70 bits per heavy atom. The molecule has 0 aliphatic carbocycles. The third-order valence-corrected chi connectivity index (χ3v) is 2.87. The maximum Gasteiger partial charge on any atom is 0.474 e. The van der Waals surface area contributed by atoms with E-state index in [1.54, 1.807) is 0 Å². The van der Waals surface area contributed by atoms with Gasteiger partial charge in [0.2, 0.25) is 0 Å². The number of rotatable bonds is 1. The van der Waals surface area contributed by atoms with Crippen LogP contribution >= 0.6 is 7.82 Å². The monoisotopic (exact) mass is 166 g/mol. The van der Waals surface area contributed by atoms with Gasteiger partial charge in [-0.2, -0.15) is 0 Å². The van der Waals surface area contributed by atoms with E-state index in [1.807, 2.05) is 6.92 Å². The fourth-order valence-electron chi connectivity index (χ4n) is 0.730. The second-order valence-electron chi connectivity index (χ2n) is 2.17. The van der Waals surface area contributed by atoms with Crippen LogP contribution in [-0.2, 0) is 18.1 Å². The first-order valence-corrected chi connectivity index (χ1v) is 4.61. The van der Waals surface area contributed by atoms with E-state index in [0.717, 1.165) is 6.42 Å². The molecule has 60 valence electrons. The van der Waals surface area contributed by atoms with Gasteiger partial charge >= 0.3 is 7.82 Å². The van der Waals surface area contributed by atoms with Crippen molar-refractivity contribution in [2.75, 3.05) is 13.7 Å². The minimum Gasteiger partial charge on any atom is -0.290 e. The van der Waals surface area contributed by atoms with E-state index < -0.39 is 7.82 Å². The van der Waals surface area contributed by atoms with Crippen molar-refractivity contribution in [2.45, 2.75) is 19.4 Å². The van der Waals surface area contributed by atoms with Gasteiger partial charge in [0, 0.05) is 7.11 Å². The second-order valence-corrected chi connectivity index (χ2v) is 3.90. The molecule has 1 rings (SSSR count). The maximum absolute atomic E-state index is 11.1. The topological polar surface area (TPSA) is 44.8 Å². The maximum atomic E-state index is 11.1. The zero-order valence-electron chi connectivity index (χ0n) is 6.07. The molecule has 0 saturated carbocycles. The van der Waals surface area contributed by atoms with Crippen LogP contribution in [0.3, 0.4) is 0 Å². The highest BCUT2D eigenvalue weighted by Gasteiger charge is 2.31. The average molecular weight is 166 g/mol. The molecule has 0 aromatic heterocycles. The summed E-state index contributed by atoms with van der Waals surface area (Å²) >= 11 is 0. The SMILES string of the molecule is CO[P@@]1(=O)OCC[C@H](C)O1. The Morgan fingerprint density at radius 3 is 2.80 bits per heavy atom. The lowest BCUT2D eigenvalue weighted by Gasteiger charge is -2.25. The van der Waals surface area contributed by atoms with Gasteiger partial charge in [0.25, 0.3) is 0 Å². The van der Waals surface area contributed by atoms with Crippen LogP contribution in [-0.4, -0.2) is 19.8 Å². The van der Waals surface area contributed by atoms with Crippen LogP contribution in [0.1, 0.15) is 13.3 Å². The standard InChI is InChI=1S/C5H11O4P/c1-5-3-4-8-10(6,7-2)9-5/h5H,3-4H2,1-2H3/t5-,10-/m0/s1. The van der Waals surface area contributed by atoms with Gasteiger partial charge in [-0.05, 0) is 13.3 Å². The summed E-state index contributed by atoms with van der Waals surface area (Å²) in [5.41, 5.74) is 0. The third kappa shape index (κ3) is 1.80. The fraction of sp³-hybridized carbons (Fsp3) is 1.00. The van der Waals surface area contributed by atoms with E-state index >= 15 is 0 Å². The van der Waals surface area contributed by atoms with E-state index in [2.05, 4.69) is 4.52 Å². The Bertz CT molecular complexity index is 158. The largest absolute Gasteiger partial charge is 0.474 e. The summed E-state index contributed by atoms with van der Waals surface area (Å²) in [4.78, 5) is 0. The van der Waals surface area contributed by atoms with Crippen molar-refractivity contribution >= 4 is 7.82 Å². The number of phosphoric ester groups is 1. The van der Waals surface area contributed by atoms with Crippen molar-refractivity contribution in [1.29, 1.82) is 0 Å². The van der Waals surface area contributed by atoms with E-state index in [0.29, 0.717) is 6.61 Å². The van der Waals surface area contributed by atoms with Gasteiger partial charge in [-0.15, -0.1) is 0 Å². The van der Waals surface area contributed by atoms with Crippen LogP contribution in [0.4, 0.5) is 0 Å². The first-order chi connectivity index (χ1) is 4.66. The average Bonchev–Trinajstić information content (AvgIpc) is 1.88. The lowest BCUT2D eigenvalue weighted by Crippen LogP contribution is -2.17. The molecule has 1 heterocycles. The van der Waals surface area contributed by atoms with Crippen LogP contribution < -0.4 is 0 Å². The van der Waals surface area contributed by atoms with E-state index in [-0.39, 0.29) is 6.10 Å². The van der Waals surface area contributed by atoms with Crippen molar-refractivity contribution in [3.63, 3.8) is 0 Å². The minimum absolute atomic E-state index is 0.0282. The highest BCUT2D eigenvalue weighted by molar-refractivity contribution is 7.48. The molecule has 2 atom stereocenters. The summed E-state index contributed by atoms with van der Waals surface area (Å²) < 4.78 is 25.4. The molecule has 0 spiro atoms. The van der Waals surface area contributed by atoms with Crippen molar-refractivity contribution in [1.82, 2.24) is 0 Å². The highest BCUT2D eigenvalue weighted by Crippen LogP contribution is 2.52. The second kappa shape index (κ2) is 3.01. The summed E-state index contributed by atoms with van der Waals surface area (Å²) in [7, 11) is -1.83. The summed E-state index contributed by atoms with van der Waals surface area (Å²) in [5, 5.41) is 0. The van der Waals surface area contributed by atoms with Gasteiger partial charge < -0.3 is 0 Å². The smallest absolute Gasteiger partial charge is 0.290 e. The molecule has 4 nitrogen and oxygen atoms in total. The van der Waals surface area contributed by atoms with Crippen LogP contribution in [0.5, 0.6) is 0 Å². The Kier molecular flexibility index (Phi) is 2.47. The van der Waals surface area contributed by atoms with Gasteiger partial charge in [0.05, 0.1) is 12.7 Å². The molecule has 1 fully saturated rings. The van der Waals surface area contributed by atoms with Crippen molar-refractivity contribution in [3.8, 4) is 0 Å². The molecule has 1 aliphatic heterocycles. The predicted molar refractivity (Wildman–Crippen MR) is 35.7 cm³/mol. The Balaban J connectivity index is 2.54.